The zero-order valence-electron chi connectivity index (χ0n) is 16.5. The zero-order valence-corrected chi connectivity index (χ0v) is 18.0. The Morgan fingerprint density at radius 1 is 1.41 bits per heavy atom. The number of hydrogen-bond donors (Lipinski definition) is 1. The molecule has 1 aromatic rings. The van der Waals surface area contributed by atoms with E-state index in [9.17, 15) is 4.79 Å². The molecule has 1 amide bonds. The Morgan fingerprint density at radius 2 is 2.11 bits per heavy atom. The Bertz CT molecular complexity index is 648. The van der Waals surface area contributed by atoms with Crippen LogP contribution < -0.4 is 5.32 Å². The van der Waals surface area contributed by atoms with Gasteiger partial charge >= 0.3 is 0 Å². The number of benzene rings is 1. The van der Waals surface area contributed by atoms with E-state index in [0.29, 0.717) is 6.04 Å². The van der Waals surface area contributed by atoms with Crippen LogP contribution in [0.25, 0.3) is 0 Å². The summed E-state index contributed by atoms with van der Waals surface area (Å²) in [6.07, 6.45) is 2.77. The molecular weight excluding hydrogens is 382 g/mol. The number of amides is 1. The Labute approximate surface area is 173 Å². The van der Waals surface area contributed by atoms with Crippen molar-refractivity contribution >= 4 is 40.5 Å². The number of carbonyl (C=O) groups is 1. The molecule has 0 atom stereocenters. The van der Waals surface area contributed by atoms with Crippen molar-refractivity contribution in [2.24, 2.45) is 0 Å². The van der Waals surface area contributed by atoms with Gasteiger partial charge in [0, 0.05) is 56.5 Å². The van der Waals surface area contributed by atoms with Gasteiger partial charge in [0.15, 0.2) is 5.11 Å². The van der Waals surface area contributed by atoms with Crippen molar-refractivity contribution in [2.75, 3.05) is 38.2 Å². The summed E-state index contributed by atoms with van der Waals surface area (Å²) in [6.45, 7) is 9.47. The molecular formula is C20H30ClN3O2S. The number of hydrogen-bond acceptors (Lipinski definition) is 3. The first-order valence-electron chi connectivity index (χ1n) is 9.59. The van der Waals surface area contributed by atoms with Gasteiger partial charge in [-0.05, 0) is 69.1 Å². The summed E-state index contributed by atoms with van der Waals surface area (Å²) in [5.41, 5.74) is 1.96. The Kier molecular flexibility index (Phi) is 8.80. The Morgan fingerprint density at radius 3 is 2.70 bits per heavy atom. The number of likely N-dealkylation sites (tertiary alicyclic amines) is 1. The number of nitrogens with one attached hydrogen (secondary N) is 1. The molecule has 27 heavy (non-hydrogen) atoms. The number of piperidine rings is 1. The van der Waals surface area contributed by atoms with Gasteiger partial charge in [0.25, 0.3) is 0 Å². The zero-order chi connectivity index (χ0) is 19.8. The maximum atomic E-state index is 11.6. The second-order valence-electron chi connectivity index (χ2n) is 6.88. The minimum atomic E-state index is 0.147. The topological polar surface area (TPSA) is 44.8 Å². The van der Waals surface area contributed by atoms with Crippen molar-refractivity contribution in [3.05, 3.63) is 28.8 Å². The predicted molar refractivity (Wildman–Crippen MR) is 116 cm³/mol. The number of aryl methyl sites for hydroxylation is 1. The molecule has 1 aliphatic heterocycles. The minimum Gasteiger partial charge on any atom is -0.382 e. The highest BCUT2D eigenvalue weighted by atomic mass is 35.5. The van der Waals surface area contributed by atoms with Gasteiger partial charge in [-0.1, -0.05) is 11.6 Å². The van der Waals surface area contributed by atoms with Gasteiger partial charge in [0.05, 0.1) is 0 Å². The largest absolute Gasteiger partial charge is 0.382 e. The van der Waals surface area contributed by atoms with Crippen LogP contribution in [0.5, 0.6) is 0 Å². The smallest absolute Gasteiger partial charge is 0.219 e. The van der Waals surface area contributed by atoms with Crippen LogP contribution in [-0.4, -0.2) is 59.7 Å². The fraction of sp³-hybridized carbons (Fsp3) is 0.600. The Balaban J connectivity index is 2.02. The van der Waals surface area contributed by atoms with Gasteiger partial charge < -0.3 is 19.9 Å². The number of carbonyl (C=O) groups excluding carboxylic acids is 1. The predicted octanol–water partition coefficient (Wildman–Crippen LogP) is 4.08. The summed E-state index contributed by atoms with van der Waals surface area (Å²) in [4.78, 5) is 15.8. The minimum absolute atomic E-state index is 0.147. The summed E-state index contributed by atoms with van der Waals surface area (Å²) in [5, 5.41) is 4.82. The normalized spacial score (nSPS) is 14.9. The first-order valence-corrected chi connectivity index (χ1v) is 10.4. The number of rotatable bonds is 7. The van der Waals surface area contributed by atoms with Gasteiger partial charge in [0.1, 0.15) is 0 Å². The highest BCUT2D eigenvalue weighted by Crippen LogP contribution is 2.22. The maximum absolute atomic E-state index is 11.6. The van der Waals surface area contributed by atoms with Crippen LogP contribution in [0.3, 0.4) is 0 Å². The molecule has 0 radical (unpaired) electrons. The summed E-state index contributed by atoms with van der Waals surface area (Å²) in [6, 6.07) is 6.16. The highest BCUT2D eigenvalue weighted by Gasteiger charge is 2.27. The van der Waals surface area contributed by atoms with E-state index in [1.807, 2.05) is 36.9 Å². The van der Waals surface area contributed by atoms with Crippen molar-refractivity contribution in [1.82, 2.24) is 9.80 Å². The Hall–Kier alpha value is -1.37. The monoisotopic (exact) mass is 411 g/mol. The lowest BCUT2D eigenvalue weighted by Gasteiger charge is -2.39. The molecule has 150 valence electrons. The SMILES string of the molecule is CCOCCCN(C(=S)Nc1ccc(Cl)c(C)c1)C1CCN(C(C)=O)CC1. The summed E-state index contributed by atoms with van der Waals surface area (Å²) >= 11 is 11.9. The van der Waals surface area contributed by atoms with E-state index in [1.165, 1.54) is 0 Å². The lowest BCUT2D eigenvalue weighted by Crippen LogP contribution is -2.50. The van der Waals surface area contributed by atoms with E-state index in [4.69, 9.17) is 28.6 Å². The van der Waals surface area contributed by atoms with Crippen LogP contribution in [-0.2, 0) is 9.53 Å². The molecule has 1 saturated heterocycles. The highest BCUT2D eigenvalue weighted by molar-refractivity contribution is 7.80. The first kappa shape index (κ1) is 21.9. The van der Waals surface area contributed by atoms with Crippen LogP contribution >= 0.6 is 23.8 Å². The van der Waals surface area contributed by atoms with E-state index in [1.54, 1.807) is 6.92 Å². The molecule has 1 aromatic carbocycles. The quantitative estimate of drug-likeness (QED) is 0.541. The second kappa shape index (κ2) is 10.8. The number of thiocarbonyl (C=S) groups is 1. The molecule has 1 fully saturated rings. The maximum Gasteiger partial charge on any atom is 0.219 e. The van der Waals surface area contributed by atoms with Crippen LogP contribution in [0.4, 0.5) is 5.69 Å². The van der Waals surface area contributed by atoms with E-state index in [-0.39, 0.29) is 5.91 Å². The van der Waals surface area contributed by atoms with Crippen LogP contribution in [0.2, 0.25) is 5.02 Å². The lowest BCUT2D eigenvalue weighted by molar-refractivity contribution is -0.130. The molecule has 1 heterocycles. The third-order valence-corrected chi connectivity index (χ3v) is 5.67. The fourth-order valence-corrected chi connectivity index (χ4v) is 3.82. The fourth-order valence-electron chi connectivity index (χ4n) is 3.34. The van der Waals surface area contributed by atoms with Gasteiger partial charge in [-0.2, -0.15) is 0 Å². The number of anilines is 1. The molecule has 2 rings (SSSR count). The number of ether oxygens (including phenoxy) is 1. The molecule has 0 unspecified atom stereocenters. The second-order valence-corrected chi connectivity index (χ2v) is 7.67. The van der Waals surface area contributed by atoms with Crippen LogP contribution in [0.15, 0.2) is 18.2 Å². The van der Waals surface area contributed by atoms with Crippen molar-refractivity contribution in [3.63, 3.8) is 0 Å². The van der Waals surface area contributed by atoms with E-state index >= 15 is 0 Å². The number of nitrogens with zero attached hydrogens (tertiary/aromatic N) is 2. The van der Waals surface area contributed by atoms with E-state index < -0.39 is 0 Å². The van der Waals surface area contributed by atoms with Gasteiger partial charge in [0.2, 0.25) is 5.91 Å². The molecule has 0 aliphatic carbocycles. The molecule has 1 N–H and O–H groups in total. The lowest BCUT2D eigenvalue weighted by atomic mass is 10.0. The van der Waals surface area contributed by atoms with Crippen molar-refractivity contribution in [1.29, 1.82) is 0 Å². The first-order chi connectivity index (χ1) is 12.9. The van der Waals surface area contributed by atoms with Gasteiger partial charge in [-0.25, -0.2) is 0 Å². The summed E-state index contributed by atoms with van der Waals surface area (Å²) < 4.78 is 5.49. The van der Waals surface area contributed by atoms with E-state index in [2.05, 4.69) is 10.2 Å². The van der Waals surface area contributed by atoms with Gasteiger partial charge in [-0.15, -0.1) is 0 Å². The average molecular weight is 412 g/mol. The summed E-state index contributed by atoms with van der Waals surface area (Å²) in [5.74, 6) is 0.147. The molecule has 5 nitrogen and oxygen atoms in total. The van der Waals surface area contributed by atoms with Crippen LogP contribution in [0.1, 0.15) is 38.7 Å². The third kappa shape index (κ3) is 6.63. The molecule has 0 saturated carbocycles. The molecule has 0 bridgehead atoms. The average Bonchev–Trinajstić information content (AvgIpc) is 2.65. The molecule has 0 spiro atoms. The van der Waals surface area contributed by atoms with E-state index in [0.717, 1.165) is 73.5 Å². The molecule has 0 aromatic heterocycles. The van der Waals surface area contributed by atoms with Crippen molar-refractivity contribution in [2.45, 2.75) is 46.1 Å². The van der Waals surface area contributed by atoms with Crippen molar-refractivity contribution < 1.29 is 9.53 Å². The standard InChI is InChI=1S/C20H30ClN3O2S/c1-4-26-13-5-10-24(18-8-11-23(12-9-18)16(3)25)20(27)22-17-6-7-19(21)15(2)14-17/h6-7,14,18H,4-5,8-13H2,1-3H3,(H,22,27). The molecule has 7 heteroatoms. The molecule has 1 aliphatic rings. The van der Waals surface area contributed by atoms with Gasteiger partial charge in [-0.3, -0.25) is 4.79 Å². The number of halogens is 1. The third-order valence-electron chi connectivity index (χ3n) is 4.91. The summed E-state index contributed by atoms with van der Waals surface area (Å²) in [7, 11) is 0. The van der Waals surface area contributed by atoms with Crippen molar-refractivity contribution in [3.8, 4) is 0 Å². The van der Waals surface area contributed by atoms with Crippen LogP contribution in [0, 0.1) is 6.92 Å².